The number of rotatable bonds is 5. The Kier molecular flexibility index (Phi) is 6.77. The lowest BCUT2D eigenvalue weighted by atomic mass is 9.93. The highest BCUT2D eigenvalue weighted by atomic mass is 35.5. The van der Waals surface area contributed by atoms with Crippen LogP contribution in [0.15, 0.2) is 65.2 Å². The second kappa shape index (κ2) is 9.49. The second-order valence-corrected chi connectivity index (χ2v) is 8.23. The summed E-state index contributed by atoms with van der Waals surface area (Å²) in [7, 11) is 0. The number of anilines is 3. The van der Waals surface area contributed by atoms with E-state index < -0.39 is 6.03 Å². The summed E-state index contributed by atoms with van der Waals surface area (Å²) in [6, 6.07) is 15.2. The molecule has 3 aromatic rings. The van der Waals surface area contributed by atoms with Crippen LogP contribution in [0.2, 0.25) is 5.02 Å². The van der Waals surface area contributed by atoms with Gasteiger partial charge in [-0.15, -0.1) is 0 Å². The third-order valence-electron chi connectivity index (χ3n) is 4.22. The van der Waals surface area contributed by atoms with Crippen molar-refractivity contribution >= 4 is 46.8 Å². The number of halogens is 1. The summed E-state index contributed by atoms with van der Waals surface area (Å²) in [4.78, 5) is 24.3. The summed E-state index contributed by atoms with van der Waals surface area (Å²) in [6.07, 6.45) is 3.05. The van der Waals surface area contributed by atoms with E-state index in [2.05, 4.69) is 21.1 Å². The molecule has 3 N–H and O–H groups in total. The van der Waals surface area contributed by atoms with Crippen LogP contribution < -0.4 is 16.0 Å². The molecule has 7 nitrogen and oxygen atoms in total. The number of nitrogens with one attached hydrogen (secondary N) is 3. The Morgan fingerprint density at radius 2 is 1.61 bits per heavy atom. The van der Waals surface area contributed by atoms with Gasteiger partial charge in [-0.3, -0.25) is 10.1 Å². The molecule has 160 valence electrons. The summed E-state index contributed by atoms with van der Waals surface area (Å²) in [5, 5.41) is 12.5. The van der Waals surface area contributed by atoms with Gasteiger partial charge in [-0.2, -0.15) is 0 Å². The molecule has 2 aromatic carbocycles. The number of aromatic nitrogens is 1. The van der Waals surface area contributed by atoms with E-state index in [1.165, 1.54) is 6.08 Å². The SMILES string of the molecule is CC(C)(C)c1cc(NC(=O)Nc2ccc(NC(=O)C=Cc3ccccc3Cl)cc2)no1. The van der Waals surface area contributed by atoms with Crippen LogP contribution >= 0.6 is 11.6 Å². The number of urea groups is 1. The van der Waals surface area contributed by atoms with E-state index in [1.807, 2.05) is 39.0 Å². The summed E-state index contributed by atoms with van der Waals surface area (Å²) >= 11 is 6.07. The maximum atomic E-state index is 12.2. The van der Waals surface area contributed by atoms with Gasteiger partial charge in [0.2, 0.25) is 5.91 Å². The normalized spacial score (nSPS) is 11.4. The van der Waals surface area contributed by atoms with Crippen LogP contribution in [0.4, 0.5) is 22.0 Å². The van der Waals surface area contributed by atoms with E-state index in [9.17, 15) is 9.59 Å². The number of amides is 3. The minimum absolute atomic E-state index is 0.202. The zero-order valence-electron chi connectivity index (χ0n) is 17.4. The summed E-state index contributed by atoms with van der Waals surface area (Å²) < 4.78 is 5.24. The average Bonchev–Trinajstić information content (AvgIpc) is 3.18. The first kappa shape index (κ1) is 22.1. The van der Waals surface area contributed by atoms with Crippen molar-refractivity contribution in [3.8, 4) is 0 Å². The lowest BCUT2D eigenvalue weighted by molar-refractivity contribution is -0.111. The molecule has 0 fully saturated rings. The largest absolute Gasteiger partial charge is 0.359 e. The minimum atomic E-state index is -0.451. The van der Waals surface area contributed by atoms with Gasteiger partial charge in [0.25, 0.3) is 0 Å². The quantitative estimate of drug-likeness (QED) is 0.430. The molecule has 0 bridgehead atoms. The molecule has 0 unspecified atom stereocenters. The lowest BCUT2D eigenvalue weighted by Crippen LogP contribution is -2.19. The van der Waals surface area contributed by atoms with Crippen molar-refractivity contribution in [2.24, 2.45) is 0 Å². The number of hydrogen-bond donors (Lipinski definition) is 3. The predicted molar refractivity (Wildman–Crippen MR) is 123 cm³/mol. The van der Waals surface area contributed by atoms with E-state index in [0.29, 0.717) is 28.0 Å². The van der Waals surface area contributed by atoms with Crippen LogP contribution in [-0.4, -0.2) is 17.1 Å². The molecule has 3 amide bonds. The highest BCUT2D eigenvalue weighted by molar-refractivity contribution is 6.32. The second-order valence-electron chi connectivity index (χ2n) is 7.83. The molecule has 0 spiro atoms. The number of nitrogens with zero attached hydrogens (tertiary/aromatic N) is 1. The van der Waals surface area contributed by atoms with E-state index in [4.69, 9.17) is 16.1 Å². The number of hydrogen-bond acceptors (Lipinski definition) is 4. The Morgan fingerprint density at radius 3 is 2.23 bits per heavy atom. The first-order valence-corrected chi connectivity index (χ1v) is 9.97. The summed E-state index contributed by atoms with van der Waals surface area (Å²) in [5.74, 6) is 0.710. The molecule has 31 heavy (non-hydrogen) atoms. The van der Waals surface area contributed by atoms with Crippen LogP contribution in [0.5, 0.6) is 0 Å². The van der Waals surface area contributed by atoms with Crippen molar-refractivity contribution in [1.82, 2.24) is 5.16 Å². The maximum absolute atomic E-state index is 12.2. The topological polar surface area (TPSA) is 96.3 Å². The van der Waals surface area contributed by atoms with Crippen molar-refractivity contribution in [3.05, 3.63) is 77.0 Å². The van der Waals surface area contributed by atoms with Crippen LogP contribution in [0, 0.1) is 0 Å². The molecule has 0 saturated carbocycles. The van der Waals surface area contributed by atoms with Gasteiger partial charge in [-0.1, -0.05) is 55.7 Å². The van der Waals surface area contributed by atoms with Crippen molar-refractivity contribution in [1.29, 1.82) is 0 Å². The van der Waals surface area contributed by atoms with E-state index >= 15 is 0 Å². The van der Waals surface area contributed by atoms with Gasteiger partial charge in [0.15, 0.2) is 5.82 Å². The highest BCUT2D eigenvalue weighted by Crippen LogP contribution is 2.24. The van der Waals surface area contributed by atoms with Crippen molar-refractivity contribution in [2.75, 3.05) is 16.0 Å². The molecule has 1 heterocycles. The van der Waals surface area contributed by atoms with Crippen molar-refractivity contribution in [3.63, 3.8) is 0 Å². The van der Waals surface area contributed by atoms with Crippen molar-refractivity contribution in [2.45, 2.75) is 26.2 Å². The summed E-state index contributed by atoms with van der Waals surface area (Å²) in [5.41, 5.74) is 1.70. The van der Waals surface area contributed by atoms with Gasteiger partial charge in [-0.25, -0.2) is 4.79 Å². The maximum Gasteiger partial charge on any atom is 0.324 e. The van der Waals surface area contributed by atoms with Crippen LogP contribution in [0.1, 0.15) is 32.1 Å². The predicted octanol–water partition coefficient (Wildman–Crippen LogP) is 5.92. The smallest absolute Gasteiger partial charge is 0.324 e. The summed E-state index contributed by atoms with van der Waals surface area (Å²) in [6.45, 7) is 5.97. The standard InChI is InChI=1S/C23H23ClN4O3/c1-23(2,3)19-14-20(28-31-19)27-22(30)26-17-11-9-16(10-12-17)25-21(29)13-8-15-6-4-5-7-18(15)24/h4-14H,1-3H3,(H,25,29)(H2,26,27,28,30). The van der Waals surface area contributed by atoms with E-state index in [1.54, 1.807) is 42.5 Å². The number of benzene rings is 2. The molecule has 8 heteroatoms. The molecular formula is C23H23ClN4O3. The third kappa shape index (κ3) is 6.45. The molecule has 0 radical (unpaired) electrons. The van der Waals surface area contributed by atoms with Crippen LogP contribution in [0.3, 0.4) is 0 Å². The molecule has 0 aliphatic rings. The van der Waals surface area contributed by atoms with Gasteiger partial charge in [0.05, 0.1) is 0 Å². The van der Waals surface area contributed by atoms with Crippen LogP contribution in [-0.2, 0) is 10.2 Å². The first-order valence-electron chi connectivity index (χ1n) is 9.59. The van der Waals surface area contributed by atoms with Gasteiger partial charge in [0.1, 0.15) is 5.76 Å². The highest BCUT2D eigenvalue weighted by Gasteiger charge is 2.20. The fraction of sp³-hybridized carbons (Fsp3) is 0.174. The third-order valence-corrected chi connectivity index (χ3v) is 4.56. The molecule has 0 aliphatic heterocycles. The average molecular weight is 439 g/mol. The van der Waals surface area contributed by atoms with E-state index in [-0.39, 0.29) is 11.3 Å². The molecule has 1 aromatic heterocycles. The van der Waals surface area contributed by atoms with Gasteiger partial charge in [-0.05, 0) is 42.0 Å². The zero-order valence-corrected chi connectivity index (χ0v) is 18.2. The molecule has 0 aliphatic carbocycles. The lowest BCUT2D eigenvalue weighted by Gasteiger charge is -2.12. The van der Waals surface area contributed by atoms with Gasteiger partial charge < -0.3 is 15.2 Å². The van der Waals surface area contributed by atoms with Gasteiger partial charge >= 0.3 is 6.03 Å². The monoisotopic (exact) mass is 438 g/mol. The fourth-order valence-corrected chi connectivity index (χ4v) is 2.76. The van der Waals surface area contributed by atoms with Crippen LogP contribution in [0.25, 0.3) is 6.08 Å². The number of carbonyl (C=O) groups excluding carboxylic acids is 2. The molecular weight excluding hydrogens is 416 g/mol. The van der Waals surface area contributed by atoms with Gasteiger partial charge in [0, 0.05) is 34.0 Å². The Hall–Kier alpha value is -3.58. The Labute approximate surface area is 185 Å². The Bertz CT molecular complexity index is 1100. The number of carbonyl (C=O) groups is 2. The van der Waals surface area contributed by atoms with E-state index in [0.717, 1.165) is 5.56 Å². The molecule has 3 rings (SSSR count). The minimum Gasteiger partial charge on any atom is -0.359 e. The fourth-order valence-electron chi connectivity index (χ4n) is 2.56. The molecule has 0 saturated heterocycles. The zero-order chi connectivity index (χ0) is 22.4. The first-order chi connectivity index (χ1) is 14.7. The van der Waals surface area contributed by atoms with Crippen molar-refractivity contribution < 1.29 is 14.1 Å². The Morgan fingerprint density at radius 1 is 0.968 bits per heavy atom. The molecule has 0 atom stereocenters. The Balaban J connectivity index is 1.52.